The number of nitrogens with zero attached hydrogens (tertiary/aromatic N) is 2. The van der Waals surface area contributed by atoms with Crippen LogP contribution in [0.2, 0.25) is 0 Å². The van der Waals surface area contributed by atoms with Gasteiger partial charge in [-0.3, -0.25) is 14.5 Å². The summed E-state index contributed by atoms with van der Waals surface area (Å²) in [7, 11) is 0. The van der Waals surface area contributed by atoms with E-state index in [0.717, 1.165) is 0 Å². The van der Waals surface area contributed by atoms with Crippen LogP contribution in [0.5, 0.6) is 0 Å². The van der Waals surface area contributed by atoms with Crippen LogP contribution in [-0.2, 0) is 9.59 Å². The van der Waals surface area contributed by atoms with Gasteiger partial charge in [-0.2, -0.15) is 5.26 Å². The molecule has 0 bridgehead atoms. The molecule has 1 heterocycles. The Morgan fingerprint density at radius 1 is 1.29 bits per heavy atom. The van der Waals surface area contributed by atoms with Gasteiger partial charge in [-0.1, -0.05) is 0 Å². The Morgan fingerprint density at radius 3 is 2.00 bits per heavy atom. The highest BCUT2D eigenvalue weighted by atomic mass is 16.4. The van der Waals surface area contributed by atoms with E-state index in [2.05, 4.69) is 0 Å². The van der Waals surface area contributed by atoms with Crippen LogP contribution in [0.15, 0.2) is 0 Å². The molecule has 1 aliphatic rings. The first-order valence-electron chi connectivity index (χ1n) is 4.11. The fourth-order valence-electron chi connectivity index (χ4n) is 1.61. The summed E-state index contributed by atoms with van der Waals surface area (Å²) in [4.78, 5) is 22.9. The van der Waals surface area contributed by atoms with Crippen molar-refractivity contribution in [3.8, 4) is 6.07 Å². The molecule has 0 radical (unpaired) electrons. The zero-order chi connectivity index (χ0) is 10.7. The lowest BCUT2D eigenvalue weighted by Crippen LogP contribution is -2.28. The molecule has 14 heavy (non-hydrogen) atoms. The molecule has 1 rings (SSSR count). The first-order chi connectivity index (χ1) is 6.56. The normalized spacial score (nSPS) is 27.1. The van der Waals surface area contributed by atoms with E-state index in [1.807, 2.05) is 6.07 Å². The fraction of sp³-hybridized carbons (Fsp3) is 0.625. The molecule has 0 aliphatic carbocycles. The number of carboxylic acids is 2. The van der Waals surface area contributed by atoms with Gasteiger partial charge in [0.05, 0.1) is 24.4 Å². The smallest absolute Gasteiger partial charge is 0.308 e. The molecule has 0 aromatic carbocycles. The molecule has 1 fully saturated rings. The van der Waals surface area contributed by atoms with E-state index in [4.69, 9.17) is 15.5 Å². The monoisotopic (exact) mass is 198 g/mol. The first-order valence-corrected chi connectivity index (χ1v) is 4.11. The maximum Gasteiger partial charge on any atom is 0.308 e. The third-order valence-electron chi connectivity index (χ3n) is 2.32. The third-order valence-corrected chi connectivity index (χ3v) is 2.32. The van der Waals surface area contributed by atoms with Gasteiger partial charge < -0.3 is 10.2 Å². The largest absolute Gasteiger partial charge is 0.481 e. The van der Waals surface area contributed by atoms with Crippen LogP contribution in [0.3, 0.4) is 0 Å². The lowest BCUT2D eigenvalue weighted by atomic mass is 9.97. The van der Waals surface area contributed by atoms with Crippen molar-refractivity contribution in [2.45, 2.75) is 0 Å². The molecule has 2 N–H and O–H groups in total. The van der Waals surface area contributed by atoms with Gasteiger partial charge in [-0.15, -0.1) is 0 Å². The summed E-state index contributed by atoms with van der Waals surface area (Å²) in [6.07, 6.45) is 0. The number of hydrogen-bond acceptors (Lipinski definition) is 4. The van der Waals surface area contributed by atoms with Gasteiger partial charge in [0.2, 0.25) is 0 Å². The topological polar surface area (TPSA) is 102 Å². The Morgan fingerprint density at radius 2 is 1.71 bits per heavy atom. The summed E-state index contributed by atoms with van der Waals surface area (Å²) in [5, 5.41) is 25.9. The summed E-state index contributed by atoms with van der Waals surface area (Å²) in [6, 6.07) is 1.87. The van der Waals surface area contributed by atoms with Crippen LogP contribution < -0.4 is 0 Å². The number of carboxylic acid groups (broad SMARTS) is 2. The minimum absolute atomic E-state index is 0.0769. The predicted octanol–water partition coefficient (Wildman–Crippen LogP) is -0.773. The van der Waals surface area contributed by atoms with Gasteiger partial charge >= 0.3 is 11.9 Å². The molecule has 6 nitrogen and oxygen atoms in total. The molecule has 0 amide bonds. The lowest BCUT2D eigenvalue weighted by Gasteiger charge is -2.08. The second-order valence-electron chi connectivity index (χ2n) is 3.24. The van der Waals surface area contributed by atoms with Crippen LogP contribution in [0.1, 0.15) is 0 Å². The van der Waals surface area contributed by atoms with E-state index in [-0.39, 0.29) is 19.6 Å². The summed E-state index contributed by atoms with van der Waals surface area (Å²) < 4.78 is 0. The Bertz CT molecular complexity index is 274. The number of aliphatic carboxylic acids is 2. The second-order valence-corrected chi connectivity index (χ2v) is 3.24. The number of carbonyl (C=O) groups is 2. The van der Waals surface area contributed by atoms with Crippen molar-refractivity contribution in [1.29, 1.82) is 5.26 Å². The van der Waals surface area contributed by atoms with Crippen LogP contribution in [-0.4, -0.2) is 46.7 Å². The third kappa shape index (κ3) is 2.00. The highest BCUT2D eigenvalue weighted by Gasteiger charge is 2.41. The van der Waals surface area contributed by atoms with Crippen molar-refractivity contribution < 1.29 is 19.8 Å². The number of rotatable bonds is 3. The molecular formula is C8H10N2O4. The minimum atomic E-state index is -1.11. The van der Waals surface area contributed by atoms with Gasteiger partial charge in [0, 0.05) is 13.1 Å². The standard InChI is InChI=1S/C8H10N2O4/c9-1-2-10-3-5(7(11)12)6(4-10)8(13)14/h5-6H,2-4H2,(H,11,12)(H,13,14)/t5-,6-/m0/s1. The molecule has 0 spiro atoms. The highest BCUT2D eigenvalue weighted by Crippen LogP contribution is 2.23. The summed E-state index contributed by atoms with van der Waals surface area (Å²) in [5.74, 6) is -4.03. The Hall–Kier alpha value is -1.61. The van der Waals surface area contributed by atoms with Gasteiger partial charge in [0.15, 0.2) is 0 Å². The van der Waals surface area contributed by atoms with Crippen LogP contribution in [0, 0.1) is 23.2 Å². The summed E-state index contributed by atoms with van der Waals surface area (Å²) in [5.41, 5.74) is 0. The molecular weight excluding hydrogens is 188 g/mol. The first kappa shape index (κ1) is 10.5. The van der Waals surface area contributed by atoms with Crippen molar-refractivity contribution in [2.24, 2.45) is 11.8 Å². The van der Waals surface area contributed by atoms with Gasteiger partial charge in [-0.25, -0.2) is 0 Å². The zero-order valence-corrected chi connectivity index (χ0v) is 7.38. The zero-order valence-electron chi connectivity index (χ0n) is 7.38. The van der Waals surface area contributed by atoms with Gasteiger partial charge in [0.25, 0.3) is 0 Å². The Balaban J connectivity index is 2.71. The summed E-state index contributed by atoms with van der Waals surface area (Å²) >= 11 is 0. The Kier molecular flexibility index (Phi) is 3.04. The van der Waals surface area contributed by atoms with E-state index in [1.165, 1.54) is 4.90 Å². The SMILES string of the molecule is N#CCN1C[C@H](C(=O)O)[C@@H](C(=O)O)C1. The maximum atomic E-state index is 10.7. The van der Waals surface area contributed by atoms with Gasteiger partial charge in [0.1, 0.15) is 0 Å². The van der Waals surface area contributed by atoms with Crippen molar-refractivity contribution in [3.05, 3.63) is 0 Å². The quantitative estimate of drug-likeness (QED) is 0.577. The van der Waals surface area contributed by atoms with Gasteiger partial charge in [-0.05, 0) is 0 Å². The van der Waals surface area contributed by atoms with Crippen LogP contribution in [0.4, 0.5) is 0 Å². The Labute approximate surface area is 80.4 Å². The number of nitriles is 1. The molecule has 0 unspecified atom stereocenters. The van der Waals surface area contributed by atoms with E-state index < -0.39 is 23.8 Å². The molecule has 2 atom stereocenters. The fourth-order valence-corrected chi connectivity index (χ4v) is 1.61. The van der Waals surface area contributed by atoms with Crippen molar-refractivity contribution in [3.63, 3.8) is 0 Å². The maximum absolute atomic E-state index is 10.7. The second kappa shape index (κ2) is 4.07. The molecule has 0 aromatic rings. The van der Waals surface area contributed by atoms with Crippen LogP contribution in [0.25, 0.3) is 0 Å². The molecule has 1 saturated heterocycles. The highest BCUT2D eigenvalue weighted by molar-refractivity contribution is 5.81. The van der Waals surface area contributed by atoms with E-state index in [0.29, 0.717) is 0 Å². The van der Waals surface area contributed by atoms with Crippen LogP contribution >= 0.6 is 0 Å². The van der Waals surface area contributed by atoms with Crippen molar-refractivity contribution in [2.75, 3.05) is 19.6 Å². The van der Waals surface area contributed by atoms with Crippen molar-refractivity contribution >= 4 is 11.9 Å². The molecule has 0 saturated carbocycles. The summed E-state index contributed by atoms with van der Waals surface area (Å²) in [6.45, 7) is 0.354. The van der Waals surface area contributed by atoms with E-state index >= 15 is 0 Å². The average molecular weight is 198 g/mol. The van der Waals surface area contributed by atoms with Crippen molar-refractivity contribution in [1.82, 2.24) is 4.90 Å². The predicted molar refractivity (Wildman–Crippen MR) is 44.3 cm³/mol. The molecule has 76 valence electrons. The van der Waals surface area contributed by atoms with E-state index in [1.54, 1.807) is 0 Å². The lowest BCUT2D eigenvalue weighted by molar-refractivity contribution is -0.151. The number of likely N-dealkylation sites (tertiary alicyclic amines) is 1. The number of hydrogen-bond donors (Lipinski definition) is 2. The average Bonchev–Trinajstić information content (AvgIpc) is 2.49. The minimum Gasteiger partial charge on any atom is -0.481 e. The molecule has 6 heteroatoms. The molecule has 0 aromatic heterocycles. The molecule has 1 aliphatic heterocycles. The van der Waals surface area contributed by atoms with E-state index in [9.17, 15) is 9.59 Å².